The van der Waals surface area contributed by atoms with Crippen LogP contribution >= 0.6 is 31.9 Å². The highest BCUT2D eigenvalue weighted by atomic mass is 79.9. The van der Waals surface area contributed by atoms with Gasteiger partial charge >= 0.3 is 0 Å². The predicted octanol–water partition coefficient (Wildman–Crippen LogP) is 12.2. The minimum absolute atomic E-state index is 0.336. The van der Waals surface area contributed by atoms with Gasteiger partial charge in [0.1, 0.15) is 47.7 Å². The van der Waals surface area contributed by atoms with E-state index in [0.717, 1.165) is 85.4 Å². The molecule has 52 heavy (non-hydrogen) atoms. The monoisotopic (exact) mass is 816 g/mol. The second-order valence-electron chi connectivity index (χ2n) is 12.4. The third kappa shape index (κ3) is 5.71. The second kappa shape index (κ2) is 14.1. The number of ether oxygens (including phenoxy) is 6. The molecule has 0 amide bonds. The van der Waals surface area contributed by atoms with Crippen molar-refractivity contribution in [3.8, 4) is 34.5 Å². The van der Waals surface area contributed by atoms with Gasteiger partial charge in [0.15, 0.2) is 0 Å². The summed E-state index contributed by atoms with van der Waals surface area (Å²) in [4.78, 5) is 0. The van der Waals surface area contributed by atoms with Crippen molar-refractivity contribution >= 4 is 85.7 Å². The molecule has 0 aromatic heterocycles. The first-order chi connectivity index (χ1) is 25.4. The fraction of sp³-hybridized carbons (Fsp3) is 0.136. The standard InChI is InChI=1S/C44H34Br2O6/c1-47-28-17-15-27-16-18-29-34(48-2)20-31-35(49-3)21-32-39(38(31)37(29)30(27)19-28)40-36(50-4)22-33(45)43(51-23-25-11-7-5-8-12-25)41(40)44(42(32)46)52-24-26-13-9-6-10-14-26/h5-22H,23-24H2,1-4H3. The first-order valence-corrected chi connectivity index (χ1v) is 18.3. The Labute approximate surface area is 318 Å². The van der Waals surface area contributed by atoms with Crippen LogP contribution < -0.4 is 28.4 Å². The average molecular weight is 819 g/mol. The largest absolute Gasteiger partial charge is 0.497 e. The van der Waals surface area contributed by atoms with E-state index in [1.807, 2.05) is 48.5 Å². The molecule has 0 saturated heterocycles. The number of methoxy groups -OCH3 is 4. The van der Waals surface area contributed by atoms with Gasteiger partial charge in [0.2, 0.25) is 0 Å². The van der Waals surface area contributed by atoms with Crippen LogP contribution in [0.1, 0.15) is 11.1 Å². The van der Waals surface area contributed by atoms with Crippen LogP contribution in [0.5, 0.6) is 34.5 Å². The minimum Gasteiger partial charge on any atom is -0.497 e. The smallest absolute Gasteiger partial charge is 0.146 e. The highest BCUT2D eigenvalue weighted by molar-refractivity contribution is 9.11. The number of halogens is 2. The summed E-state index contributed by atoms with van der Waals surface area (Å²) in [6.45, 7) is 0.685. The number of rotatable bonds is 10. The molecule has 0 bridgehead atoms. The van der Waals surface area contributed by atoms with E-state index < -0.39 is 0 Å². The van der Waals surface area contributed by atoms with Crippen LogP contribution in [0, 0.1) is 0 Å². The molecule has 8 aromatic rings. The summed E-state index contributed by atoms with van der Waals surface area (Å²) in [6.07, 6.45) is 0. The highest BCUT2D eigenvalue weighted by Gasteiger charge is 2.28. The van der Waals surface area contributed by atoms with E-state index in [9.17, 15) is 0 Å². The van der Waals surface area contributed by atoms with E-state index in [4.69, 9.17) is 28.4 Å². The van der Waals surface area contributed by atoms with Gasteiger partial charge in [0.25, 0.3) is 0 Å². The number of hydrogen-bond acceptors (Lipinski definition) is 6. The Bertz CT molecular complexity index is 2640. The first-order valence-electron chi connectivity index (χ1n) is 16.7. The Morgan fingerprint density at radius 2 is 1.02 bits per heavy atom. The fourth-order valence-electron chi connectivity index (χ4n) is 7.16. The van der Waals surface area contributed by atoms with Gasteiger partial charge in [-0.15, -0.1) is 0 Å². The molecule has 6 nitrogen and oxygen atoms in total. The molecule has 0 fully saturated rings. The van der Waals surface area contributed by atoms with Gasteiger partial charge in [-0.05, 0) is 90.2 Å². The van der Waals surface area contributed by atoms with E-state index in [1.54, 1.807) is 28.4 Å². The summed E-state index contributed by atoms with van der Waals surface area (Å²) in [6, 6.07) is 36.7. The summed E-state index contributed by atoms with van der Waals surface area (Å²) >= 11 is 7.91. The van der Waals surface area contributed by atoms with Crippen LogP contribution in [0.25, 0.3) is 53.9 Å². The molecule has 0 aliphatic carbocycles. The summed E-state index contributed by atoms with van der Waals surface area (Å²) in [5, 5.41) is 9.33. The van der Waals surface area contributed by atoms with E-state index in [0.29, 0.717) is 36.2 Å². The molecule has 0 saturated carbocycles. The topological polar surface area (TPSA) is 55.4 Å². The van der Waals surface area contributed by atoms with Crippen molar-refractivity contribution in [2.45, 2.75) is 13.2 Å². The molecule has 0 N–H and O–H groups in total. The van der Waals surface area contributed by atoms with E-state index in [-0.39, 0.29) is 0 Å². The summed E-state index contributed by atoms with van der Waals surface area (Å²) in [5.74, 6) is 4.09. The number of fused-ring (bicyclic) bond motifs is 9. The SMILES string of the molecule is COc1ccc2ccc3c(OC)cc4c(OC)cc5c(Br)c(OCc6ccccc6)c6c(OCc7ccccc7)c(Br)cc(OC)c6c5c4c3c2c1. The molecular weight excluding hydrogens is 784 g/mol. The molecule has 0 atom stereocenters. The maximum Gasteiger partial charge on any atom is 0.146 e. The Morgan fingerprint density at radius 1 is 0.442 bits per heavy atom. The van der Waals surface area contributed by atoms with Gasteiger partial charge < -0.3 is 28.4 Å². The van der Waals surface area contributed by atoms with Crippen molar-refractivity contribution in [2.24, 2.45) is 0 Å². The van der Waals surface area contributed by atoms with Crippen molar-refractivity contribution < 1.29 is 28.4 Å². The lowest BCUT2D eigenvalue weighted by molar-refractivity contribution is 0.296. The third-order valence-corrected chi connectivity index (χ3v) is 10.9. The van der Waals surface area contributed by atoms with Crippen molar-refractivity contribution in [1.82, 2.24) is 0 Å². The number of hydrogen-bond donors (Lipinski definition) is 0. The molecule has 8 aromatic carbocycles. The quantitative estimate of drug-likeness (QED) is 0.128. The van der Waals surface area contributed by atoms with Crippen LogP contribution in [-0.4, -0.2) is 28.4 Å². The van der Waals surface area contributed by atoms with Crippen molar-refractivity contribution in [1.29, 1.82) is 0 Å². The Balaban J connectivity index is 1.59. The molecule has 8 rings (SSSR count). The van der Waals surface area contributed by atoms with E-state index in [2.05, 4.69) is 92.5 Å². The summed E-state index contributed by atoms with van der Waals surface area (Å²) in [7, 11) is 6.77. The lowest BCUT2D eigenvalue weighted by atomic mass is 9.89. The van der Waals surface area contributed by atoms with Gasteiger partial charge in [-0.1, -0.05) is 72.8 Å². The Kier molecular flexibility index (Phi) is 9.20. The lowest BCUT2D eigenvalue weighted by Gasteiger charge is -2.23. The highest BCUT2D eigenvalue weighted by Crippen LogP contribution is 2.56. The van der Waals surface area contributed by atoms with Crippen LogP contribution in [-0.2, 0) is 13.2 Å². The zero-order chi connectivity index (χ0) is 35.9. The third-order valence-electron chi connectivity index (χ3n) is 9.57. The van der Waals surface area contributed by atoms with Crippen LogP contribution in [0.3, 0.4) is 0 Å². The van der Waals surface area contributed by atoms with Gasteiger partial charge in [-0.2, -0.15) is 0 Å². The zero-order valence-electron chi connectivity index (χ0n) is 29.0. The fourth-order valence-corrected chi connectivity index (χ4v) is 8.31. The molecule has 0 aliphatic heterocycles. The van der Waals surface area contributed by atoms with Crippen LogP contribution in [0.4, 0.5) is 0 Å². The van der Waals surface area contributed by atoms with Gasteiger partial charge in [0, 0.05) is 37.7 Å². The average Bonchev–Trinajstić information content (AvgIpc) is 3.19. The maximum atomic E-state index is 6.82. The summed E-state index contributed by atoms with van der Waals surface area (Å²) < 4.78 is 39.3. The van der Waals surface area contributed by atoms with E-state index >= 15 is 0 Å². The van der Waals surface area contributed by atoms with Crippen molar-refractivity contribution in [2.75, 3.05) is 28.4 Å². The molecule has 0 spiro atoms. The van der Waals surface area contributed by atoms with Crippen LogP contribution in [0.15, 0.2) is 118 Å². The number of benzene rings is 8. The molecular formula is C44H34Br2O6. The molecule has 0 unspecified atom stereocenters. The first kappa shape index (κ1) is 33.9. The minimum atomic E-state index is 0.336. The molecule has 0 radical (unpaired) electrons. The van der Waals surface area contributed by atoms with Crippen molar-refractivity contribution in [3.05, 3.63) is 129 Å². The summed E-state index contributed by atoms with van der Waals surface area (Å²) in [5.41, 5.74) is 2.07. The predicted molar refractivity (Wildman–Crippen MR) is 217 cm³/mol. The van der Waals surface area contributed by atoms with Crippen molar-refractivity contribution in [3.63, 3.8) is 0 Å². The molecule has 0 heterocycles. The van der Waals surface area contributed by atoms with Crippen LogP contribution in [0.2, 0.25) is 0 Å². The molecule has 260 valence electrons. The van der Waals surface area contributed by atoms with Gasteiger partial charge in [-0.25, -0.2) is 0 Å². The maximum absolute atomic E-state index is 6.82. The second-order valence-corrected chi connectivity index (χ2v) is 14.1. The molecule has 8 heteroatoms. The Hall–Kier alpha value is -5.18. The normalized spacial score (nSPS) is 11.4. The lowest BCUT2D eigenvalue weighted by Crippen LogP contribution is -2.03. The van der Waals surface area contributed by atoms with E-state index in [1.165, 1.54) is 0 Å². The Morgan fingerprint density at radius 3 is 1.65 bits per heavy atom. The molecule has 0 aliphatic rings. The zero-order valence-corrected chi connectivity index (χ0v) is 32.2. The van der Waals surface area contributed by atoms with Gasteiger partial charge in [-0.3, -0.25) is 0 Å². The van der Waals surface area contributed by atoms with Gasteiger partial charge in [0.05, 0.1) is 42.8 Å².